The van der Waals surface area contributed by atoms with Crippen LogP contribution in [0.1, 0.15) is 23.4 Å². The maximum absolute atomic E-state index is 4.66. The van der Waals surface area contributed by atoms with Crippen molar-refractivity contribution in [2.45, 2.75) is 26.2 Å². The normalized spacial score (nSPS) is 13.4. The van der Waals surface area contributed by atoms with Gasteiger partial charge in [-0.25, -0.2) is 15.0 Å². The lowest BCUT2D eigenvalue weighted by molar-refractivity contribution is 0.899. The molecule has 0 aliphatic heterocycles. The van der Waals surface area contributed by atoms with Crippen LogP contribution < -0.4 is 5.32 Å². The van der Waals surface area contributed by atoms with Crippen LogP contribution in [0.4, 0.5) is 5.82 Å². The second-order valence-corrected chi connectivity index (χ2v) is 4.59. The molecule has 2 aromatic heterocycles. The Morgan fingerprint density at radius 3 is 2.78 bits per heavy atom. The summed E-state index contributed by atoms with van der Waals surface area (Å²) in [5.41, 5.74) is 4.28. The van der Waals surface area contributed by atoms with Crippen molar-refractivity contribution >= 4 is 5.82 Å². The van der Waals surface area contributed by atoms with Gasteiger partial charge in [0.2, 0.25) is 0 Å². The predicted molar refractivity (Wildman–Crippen MR) is 71.6 cm³/mol. The van der Waals surface area contributed by atoms with Crippen LogP contribution in [0.5, 0.6) is 0 Å². The standard InChI is InChI=1S/C14H16N4/c1-9-5-3-8-12(16-9)14-17-11-7-4-6-10(11)13(15-2)18-14/h3,5,8H,4,6-7H2,1-2H3,(H,15,17,18). The van der Waals surface area contributed by atoms with Crippen LogP contribution in [-0.4, -0.2) is 22.0 Å². The first-order chi connectivity index (χ1) is 8.78. The Morgan fingerprint density at radius 1 is 1.11 bits per heavy atom. The predicted octanol–water partition coefficient (Wildman–Crippen LogP) is 2.38. The second kappa shape index (κ2) is 4.37. The lowest BCUT2D eigenvalue weighted by Crippen LogP contribution is -2.04. The highest BCUT2D eigenvalue weighted by Gasteiger charge is 2.19. The molecule has 2 aromatic rings. The highest BCUT2D eigenvalue weighted by atomic mass is 15.0. The second-order valence-electron chi connectivity index (χ2n) is 4.59. The molecule has 1 aliphatic rings. The lowest BCUT2D eigenvalue weighted by Gasteiger charge is -2.09. The van der Waals surface area contributed by atoms with E-state index in [4.69, 9.17) is 0 Å². The van der Waals surface area contributed by atoms with Gasteiger partial charge in [0, 0.05) is 24.0 Å². The molecular weight excluding hydrogens is 224 g/mol. The molecular formula is C14H16N4. The Bertz CT molecular complexity index is 592. The summed E-state index contributed by atoms with van der Waals surface area (Å²) in [7, 11) is 1.91. The van der Waals surface area contributed by atoms with E-state index in [-0.39, 0.29) is 0 Å². The molecule has 0 unspecified atom stereocenters. The number of nitrogens with one attached hydrogen (secondary N) is 1. The number of hydrogen-bond donors (Lipinski definition) is 1. The number of aryl methyl sites for hydroxylation is 2. The Hall–Kier alpha value is -1.97. The van der Waals surface area contributed by atoms with E-state index >= 15 is 0 Å². The molecule has 1 N–H and O–H groups in total. The van der Waals surface area contributed by atoms with E-state index in [1.165, 1.54) is 17.7 Å². The van der Waals surface area contributed by atoms with E-state index in [1.807, 2.05) is 32.2 Å². The van der Waals surface area contributed by atoms with Gasteiger partial charge in [-0.05, 0) is 38.3 Å². The molecule has 0 atom stereocenters. The van der Waals surface area contributed by atoms with Crippen molar-refractivity contribution < 1.29 is 0 Å². The molecule has 0 aromatic carbocycles. The fraction of sp³-hybridized carbons (Fsp3) is 0.357. The van der Waals surface area contributed by atoms with Gasteiger partial charge in [0.15, 0.2) is 5.82 Å². The third-order valence-electron chi connectivity index (χ3n) is 3.29. The summed E-state index contributed by atoms with van der Waals surface area (Å²) in [6, 6.07) is 5.94. The van der Waals surface area contributed by atoms with Crippen LogP contribution in [0, 0.1) is 6.92 Å². The number of rotatable bonds is 2. The third-order valence-corrected chi connectivity index (χ3v) is 3.29. The molecule has 0 spiro atoms. The SMILES string of the molecule is CNc1nc(-c2cccc(C)n2)nc2c1CCC2. The average Bonchev–Trinajstić information content (AvgIpc) is 2.85. The molecule has 3 rings (SSSR count). The summed E-state index contributed by atoms with van der Waals surface area (Å²) in [5.74, 6) is 1.68. The molecule has 0 radical (unpaired) electrons. The van der Waals surface area contributed by atoms with Crippen LogP contribution in [0.3, 0.4) is 0 Å². The molecule has 4 nitrogen and oxygen atoms in total. The van der Waals surface area contributed by atoms with Gasteiger partial charge >= 0.3 is 0 Å². The van der Waals surface area contributed by atoms with Gasteiger partial charge < -0.3 is 5.32 Å². The minimum absolute atomic E-state index is 0.726. The highest BCUT2D eigenvalue weighted by molar-refractivity contribution is 5.57. The minimum atomic E-state index is 0.726. The maximum Gasteiger partial charge on any atom is 0.180 e. The molecule has 0 saturated carbocycles. The molecule has 0 amide bonds. The van der Waals surface area contributed by atoms with Crippen molar-refractivity contribution in [2.75, 3.05) is 12.4 Å². The van der Waals surface area contributed by atoms with Crippen LogP contribution in [-0.2, 0) is 12.8 Å². The fourth-order valence-corrected chi connectivity index (χ4v) is 2.42. The van der Waals surface area contributed by atoms with E-state index < -0.39 is 0 Å². The molecule has 18 heavy (non-hydrogen) atoms. The quantitative estimate of drug-likeness (QED) is 0.875. The van der Waals surface area contributed by atoms with E-state index in [0.29, 0.717) is 0 Å². The molecule has 0 saturated heterocycles. The third kappa shape index (κ3) is 1.83. The smallest absolute Gasteiger partial charge is 0.180 e. The number of pyridine rings is 1. The minimum Gasteiger partial charge on any atom is -0.373 e. The number of aromatic nitrogens is 3. The van der Waals surface area contributed by atoms with Crippen LogP contribution >= 0.6 is 0 Å². The zero-order valence-electron chi connectivity index (χ0n) is 10.7. The molecule has 2 heterocycles. The van der Waals surface area contributed by atoms with Gasteiger partial charge in [0.05, 0.1) is 0 Å². The first kappa shape index (κ1) is 11.1. The summed E-state index contributed by atoms with van der Waals surface area (Å²) >= 11 is 0. The number of fused-ring (bicyclic) bond motifs is 1. The van der Waals surface area contributed by atoms with Crippen molar-refractivity contribution in [3.63, 3.8) is 0 Å². The number of anilines is 1. The first-order valence-corrected chi connectivity index (χ1v) is 6.29. The Labute approximate surface area is 107 Å². The summed E-state index contributed by atoms with van der Waals surface area (Å²) in [6.07, 6.45) is 3.29. The van der Waals surface area contributed by atoms with Crippen molar-refractivity contribution in [1.29, 1.82) is 0 Å². The molecule has 1 aliphatic carbocycles. The van der Waals surface area contributed by atoms with E-state index in [0.717, 1.165) is 35.9 Å². The number of nitrogens with zero attached hydrogens (tertiary/aromatic N) is 3. The van der Waals surface area contributed by atoms with Crippen LogP contribution in [0.2, 0.25) is 0 Å². The summed E-state index contributed by atoms with van der Waals surface area (Å²) in [5, 5.41) is 3.17. The van der Waals surface area contributed by atoms with Crippen molar-refractivity contribution in [3.8, 4) is 11.5 Å². The van der Waals surface area contributed by atoms with Crippen LogP contribution in [0.25, 0.3) is 11.5 Å². The van der Waals surface area contributed by atoms with Gasteiger partial charge in [-0.2, -0.15) is 0 Å². The summed E-state index contributed by atoms with van der Waals surface area (Å²) in [6.45, 7) is 1.98. The Balaban J connectivity index is 2.13. The Kier molecular flexibility index (Phi) is 2.70. The van der Waals surface area contributed by atoms with Crippen molar-refractivity contribution in [1.82, 2.24) is 15.0 Å². The molecule has 4 heteroatoms. The monoisotopic (exact) mass is 240 g/mol. The van der Waals surface area contributed by atoms with Gasteiger partial charge in [0.25, 0.3) is 0 Å². The first-order valence-electron chi connectivity index (χ1n) is 6.29. The zero-order chi connectivity index (χ0) is 12.5. The van der Waals surface area contributed by atoms with Crippen molar-refractivity contribution in [2.24, 2.45) is 0 Å². The largest absolute Gasteiger partial charge is 0.373 e. The van der Waals surface area contributed by atoms with Gasteiger partial charge in [-0.15, -0.1) is 0 Å². The fourth-order valence-electron chi connectivity index (χ4n) is 2.42. The Morgan fingerprint density at radius 2 is 2.00 bits per heavy atom. The maximum atomic E-state index is 4.66. The number of hydrogen-bond acceptors (Lipinski definition) is 4. The van der Waals surface area contributed by atoms with Gasteiger partial charge in [0.1, 0.15) is 11.5 Å². The van der Waals surface area contributed by atoms with Crippen molar-refractivity contribution in [3.05, 3.63) is 35.2 Å². The molecule has 0 bridgehead atoms. The topological polar surface area (TPSA) is 50.7 Å². The highest BCUT2D eigenvalue weighted by Crippen LogP contribution is 2.28. The van der Waals surface area contributed by atoms with Crippen LogP contribution in [0.15, 0.2) is 18.2 Å². The van der Waals surface area contributed by atoms with Gasteiger partial charge in [-0.1, -0.05) is 6.07 Å². The summed E-state index contributed by atoms with van der Waals surface area (Å²) in [4.78, 5) is 13.7. The van der Waals surface area contributed by atoms with E-state index in [9.17, 15) is 0 Å². The zero-order valence-corrected chi connectivity index (χ0v) is 10.7. The molecule has 92 valence electrons. The van der Waals surface area contributed by atoms with Gasteiger partial charge in [-0.3, -0.25) is 0 Å². The van der Waals surface area contributed by atoms with E-state index in [1.54, 1.807) is 0 Å². The molecule has 0 fully saturated rings. The average molecular weight is 240 g/mol. The summed E-state index contributed by atoms with van der Waals surface area (Å²) < 4.78 is 0. The van der Waals surface area contributed by atoms with E-state index in [2.05, 4.69) is 20.3 Å². The lowest BCUT2D eigenvalue weighted by atomic mass is 10.2.